The number of terminal acetylenes is 1. The van der Waals surface area contributed by atoms with Gasteiger partial charge in [-0.25, -0.2) is 0 Å². The summed E-state index contributed by atoms with van der Waals surface area (Å²) in [7, 11) is 0. The molecule has 35 heavy (non-hydrogen) atoms. The molecule has 1 N–H and O–H groups in total. The van der Waals surface area contributed by atoms with Gasteiger partial charge in [0.05, 0.1) is 19.8 Å². The van der Waals surface area contributed by atoms with Crippen molar-refractivity contribution < 1.29 is 14.6 Å². The second-order valence-electron chi connectivity index (χ2n) is 8.65. The molecule has 0 aliphatic heterocycles. The van der Waals surface area contributed by atoms with Crippen molar-refractivity contribution in [2.45, 2.75) is 24.2 Å². The fourth-order valence-electron chi connectivity index (χ4n) is 4.28. The summed E-state index contributed by atoms with van der Waals surface area (Å²) < 4.78 is 12.7. The Balaban J connectivity index is 1.67. The van der Waals surface area contributed by atoms with Gasteiger partial charge in [-0.1, -0.05) is 121 Å². The highest BCUT2D eigenvalue weighted by molar-refractivity contribution is 5.47. The zero-order valence-electron chi connectivity index (χ0n) is 19.7. The average molecular weight is 463 g/mol. The van der Waals surface area contributed by atoms with E-state index in [4.69, 9.17) is 15.9 Å². The van der Waals surface area contributed by atoms with Crippen LogP contribution >= 0.6 is 0 Å². The highest BCUT2D eigenvalue weighted by atomic mass is 16.5. The van der Waals surface area contributed by atoms with Gasteiger partial charge >= 0.3 is 0 Å². The van der Waals surface area contributed by atoms with Crippen molar-refractivity contribution in [2.24, 2.45) is 0 Å². The molecule has 0 spiro atoms. The first kappa shape index (κ1) is 24.4. The lowest BCUT2D eigenvalue weighted by atomic mass is 9.80. The van der Waals surface area contributed by atoms with Crippen molar-refractivity contribution in [2.75, 3.05) is 13.2 Å². The van der Waals surface area contributed by atoms with Gasteiger partial charge in [0.15, 0.2) is 0 Å². The largest absolute Gasteiger partial charge is 0.384 e. The Morgan fingerprint density at radius 2 is 1.06 bits per heavy atom. The molecule has 0 fully saturated rings. The summed E-state index contributed by atoms with van der Waals surface area (Å²) >= 11 is 0. The predicted molar refractivity (Wildman–Crippen MR) is 140 cm³/mol. The molecule has 4 aromatic carbocycles. The summed E-state index contributed by atoms with van der Waals surface area (Å²) in [6, 6.07) is 40.1. The van der Waals surface area contributed by atoms with E-state index >= 15 is 0 Å². The maximum atomic E-state index is 11.5. The first-order valence-electron chi connectivity index (χ1n) is 11.7. The van der Waals surface area contributed by atoms with Crippen LogP contribution in [0.25, 0.3) is 0 Å². The monoisotopic (exact) mass is 462 g/mol. The Hall–Kier alpha value is -3.68. The number of rotatable bonds is 11. The minimum Gasteiger partial charge on any atom is -0.384 e. The molecule has 4 rings (SSSR count). The zero-order chi connectivity index (χ0) is 24.4. The van der Waals surface area contributed by atoms with Gasteiger partial charge in [0.25, 0.3) is 0 Å². The third-order valence-electron chi connectivity index (χ3n) is 6.01. The number of benzene rings is 4. The highest BCUT2D eigenvalue weighted by Crippen LogP contribution is 2.41. The van der Waals surface area contributed by atoms with Crippen molar-refractivity contribution in [3.8, 4) is 12.3 Å². The van der Waals surface area contributed by atoms with Gasteiger partial charge in [0.1, 0.15) is 11.2 Å². The lowest BCUT2D eigenvalue weighted by Gasteiger charge is -2.38. The van der Waals surface area contributed by atoms with Gasteiger partial charge in [0.2, 0.25) is 0 Å². The molecule has 0 aromatic heterocycles. The van der Waals surface area contributed by atoms with Crippen LogP contribution in [0, 0.1) is 12.3 Å². The lowest BCUT2D eigenvalue weighted by molar-refractivity contribution is -0.124. The molecule has 3 nitrogen and oxygen atoms in total. The first-order chi connectivity index (χ1) is 17.2. The van der Waals surface area contributed by atoms with Crippen molar-refractivity contribution >= 4 is 0 Å². The summed E-state index contributed by atoms with van der Waals surface area (Å²) in [4.78, 5) is 0. The molecular formula is C32H30O3. The smallest absolute Gasteiger partial charge is 0.143 e. The van der Waals surface area contributed by atoms with Crippen LogP contribution in [0.4, 0.5) is 0 Å². The van der Waals surface area contributed by atoms with E-state index in [1.807, 2.05) is 121 Å². The molecule has 0 radical (unpaired) electrons. The molecule has 176 valence electrons. The zero-order valence-corrected chi connectivity index (χ0v) is 19.7. The summed E-state index contributed by atoms with van der Waals surface area (Å²) in [5, 5.41) is 11.5. The Bertz CT molecular complexity index is 1100. The molecule has 0 aliphatic carbocycles. The lowest BCUT2D eigenvalue weighted by Crippen LogP contribution is -2.44. The van der Waals surface area contributed by atoms with Crippen molar-refractivity contribution in [1.82, 2.24) is 0 Å². The SMILES string of the molecule is C#CC[C@@](O)(COCc1ccccc1)COC(c1ccccc1)(c1ccccc1)c1ccccc1. The van der Waals surface area contributed by atoms with Gasteiger partial charge in [-0.15, -0.1) is 12.3 Å². The first-order valence-corrected chi connectivity index (χ1v) is 11.7. The normalized spacial score (nSPS) is 13.0. The van der Waals surface area contributed by atoms with E-state index in [-0.39, 0.29) is 19.6 Å². The average Bonchev–Trinajstić information content (AvgIpc) is 2.92. The molecule has 4 aromatic rings. The molecule has 0 aliphatic rings. The molecule has 0 saturated carbocycles. The molecule has 0 heterocycles. The second-order valence-corrected chi connectivity index (χ2v) is 8.65. The number of hydrogen-bond acceptors (Lipinski definition) is 3. The van der Waals surface area contributed by atoms with Gasteiger partial charge in [-0.2, -0.15) is 0 Å². The molecule has 0 saturated heterocycles. The number of hydrogen-bond donors (Lipinski definition) is 1. The van der Waals surface area contributed by atoms with E-state index in [0.717, 1.165) is 22.3 Å². The molecule has 3 heteroatoms. The third kappa shape index (κ3) is 5.88. The van der Waals surface area contributed by atoms with Crippen LogP contribution in [0.15, 0.2) is 121 Å². The van der Waals surface area contributed by atoms with E-state index in [1.165, 1.54) is 0 Å². The Labute approximate surface area is 208 Å². The van der Waals surface area contributed by atoms with Gasteiger partial charge in [-0.3, -0.25) is 0 Å². The van der Waals surface area contributed by atoms with Gasteiger partial charge in [0, 0.05) is 6.42 Å². The van der Waals surface area contributed by atoms with Crippen LogP contribution in [-0.2, 0) is 21.7 Å². The quantitative estimate of drug-likeness (QED) is 0.221. The van der Waals surface area contributed by atoms with Gasteiger partial charge in [-0.05, 0) is 22.3 Å². The Kier molecular flexibility index (Phi) is 8.13. The minimum absolute atomic E-state index is 0.00925. The van der Waals surface area contributed by atoms with E-state index in [2.05, 4.69) is 5.92 Å². The van der Waals surface area contributed by atoms with E-state index < -0.39 is 11.2 Å². The fraction of sp³-hybridized carbons (Fsp3) is 0.188. The van der Waals surface area contributed by atoms with E-state index in [1.54, 1.807) is 0 Å². The standard InChI is InChI=1S/C32H30O3/c1-2-23-31(33,25-34-24-27-15-7-3-8-16-27)26-35-32(28-17-9-4-10-18-28,29-19-11-5-12-20-29)30-21-13-6-14-22-30/h1,3-22,33H,23-26H2/t31-/m1/s1. The van der Waals surface area contributed by atoms with Gasteiger partial charge < -0.3 is 14.6 Å². The number of aliphatic hydroxyl groups is 1. The highest BCUT2D eigenvalue weighted by Gasteiger charge is 2.40. The van der Waals surface area contributed by atoms with Crippen molar-refractivity contribution in [1.29, 1.82) is 0 Å². The van der Waals surface area contributed by atoms with E-state index in [0.29, 0.717) is 6.61 Å². The Morgan fingerprint density at radius 3 is 1.49 bits per heavy atom. The Morgan fingerprint density at radius 1 is 0.629 bits per heavy atom. The van der Waals surface area contributed by atoms with E-state index in [9.17, 15) is 5.11 Å². The summed E-state index contributed by atoms with van der Waals surface area (Å²) in [5.41, 5.74) is 1.63. The summed E-state index contributed by atoms with van der Waals surface area (Å²) in [6.07, 6.45) is 5.76. The van der Waals surface area contributed by atoms with Crippen LogP contribution in [0.2, 0.25) is 0 Å². The minimum atomic E-state index is -1.35. The topological polar surface area (TPSA) is 38.7 Å². The maximum Gasteiger partial charge on any atom is 0.143 e. The van der Waals surface area contributed by atoms with Crippen LogP contribution in [0.3, 0.4) is 0 Å². The summed E-state index contributed by atoms with van der Waals surface area (Å²) in [5.74, 6) is 2.60. The molecule has 1 atom stereocenters. The molecule has 0 amide bonds. The fourth-order valence-corrected chi connectivity index (χ4v) is 4.28. The predicted octanol–water partition coefficient (Wildman–Crippen LogP) is 5.97. The summed E-state index contributed by atoms with van der Waals surface area (Å²) in [6.45, 7) is 0.431. The van der Waals surface area contributed by atoms with Crippen molar-refractivity contribution in [3.05, 3.63) is 144 Å². The van der Waals surface area contributed by atoms with Crippen molar-refractivity contribution in [3.63, 3.8) is 0 Å². The molecule has 0 unspecified atom stereocenters. The second kappa shape index (κ2) is 11.6. The molecular weight excluding hydrogens is 432 g/mol. The third-order valence-corrected chi connectivity index (χ3v) is 6.01. The van der Waals surface area contributed by atoms with Crippen LogP contribution in [0.5, 0.6) is 0 Å². The van der Waals surface area contributed by atoms with Crippen LogP contribution < -0.4 is 0 Å². The van der Waals surface area contributed by atoms with Crippen LogP contribution in [-0.4, -0.2) is 23.9 Å². The molecule has 0 bridgehead atoms. The number of ether oxygens (including phenoxy) is 2. The van der Waals surface area contributed by atoms with Crippen LogP contribution in [0.1, 0.15) is 28.7 Å². The maximum absolute atomic E-state index is 11.5.